The Bertz CT molecular complexity index is 501. The Balaban J connectivity index is 3.11. The first-order chi connectivity index (χ1) is 8.49. The number of hydrogen-bond acceptors (Lipinski definition) is 4. The van der Waals surface area contributed by atoms with Crippen molar-refractivity contribution in [2.75, 3.05) is 6.61 Å². The van der Waals surface area contributed by atoms with E-state index in [1.54, 1.807) is 13.0 Å². The van der Waals surface area contributed by atoms with Gasteiger partial charge in [0, 0.05) is 5.56 Å². The van der Waals surface area contributed by atoms with E-state index in [1.807, 2.05) is 0 Å². The van der Waals surface area contributed by atoms with Gasteiger partial charge in [0.2, 0.25) is 0 Å². The third kappa shape index (κ3) is 3.47. The van der Waals surface area contributed by atoms with Crippen molar-refractivity contribution in [2.24, 2.45) is 0 Å². The third-order valence-corrected chi connectivity index (χ3v) is 2.84. The number of hydrogen-bond donors (Lipinski definition) is 0. The monoisotopic (exact) mass is 318 g/mol. The van der Waals surface area contributed by atoms with Gasteiger partial charge in [-0.25, -0.2) is 13.8 Å². The Morgan fingerprint density at radius 3 is 2.83 bits per heavy atom. The molecule has 0 aliphatic rings. The van der Waals surface area contributed by atoms with Crippen LogP contribution in [0.15, 0.2) is 10.5 Å². The van der Waals surface area contributed by atoms with Crippen LogP contribution in [0.3, 0.4) is 0 Å². The highest BCUT2D eigenvalue weighted by molar-refractivity contribution is 9.10. The standard InChI is InChI=1S/C11H9BrF2N2O2/c1-2-18-9(17)4-6-3-7(11(13)14)10(12)8(5-15)16-6/h3,11H,2,4H2,1H3. The molecule has 0 aromatic carbocycles. The second-order valence-electron chi connectivity index (χ2n) is 3.26. The van der Waals surface area contributed by atoms with Gasteiger partial charge < -0.3 is 4.74 Å². The summed E-state index contributed by atoms with van der Waals surface area (Å²) in [5.41, 5.74) is -0.448. The molecule has 7 heteroatoms. The van der Waals surface area contributed by atoms with Gasteiger partial charge in [-0.1, -0.05) is 0 Å². The van der Waals surface area contributed by atoms with Crippen LogP contribution in [0, 0.1) is 11.3 Å². The molecule has 0 N–H and O–H groups in total. The van der Waals surface area contributed by atoms with Crippen LogP contribution in [0.5, 0.6) is 0 Å². The highest BCUT2D eigenvalue weighted by atomic mass is 79.9. The zero-order chi connectivity index (χ0) is 13.7. The van der Waals surface area contributed by atoms with Gasteiger partial charge in [0.25, 0.3) is 6.43 Å². The molecule has 96 valence electrons. The lowest BCUT2D eigenvalue weighted by atomic mass is 10.1. The third-order valence-electron chi connectivity index (χ3n) is 2.01. The maximum Gasteiger partial charge on any atom is 0.311 e. The quantitative estimate of drug-likeness (QED) is 0.801. The highest BCUT2D eigenvalue weighted by Crippen LogP contribution is 2.29. The first kappa shape index (κ1) is 14.5. The topological polar surface area (TPSA) is 63.0 Å². The van der Waals surface area contributed by atoms with Crippen molar-refractivity contribution in [2.45, 2.75) is 19.8 Å². The lowest BCUT2D eigenvalue weighted by molar-refractivity contribution is -0.142. The summed E-state index contributed by atoms with van der Waals surface area (Å²) < 4.78 is 30.1. The van der Waals surface area contributed by atoms with Crippen molar-refractivity contribution in [1.82, 2.24) is 4.98 Å². The summed E-state index contributed by atoms with van der Waals surface area (Å²) in [4.78, 5) is 15.0. The Morgan fingerprint density at radius 2 is 2.33 bits per heavy atom. The fraction of sp³-hybridized carbons (Fsp3) is 0.364. The van der Waals surface area contributed by atoms with Crippen molar-refractivity contribution >= 4 is 21.9 Å². The predicted octanol–water partition coefficient (Wildman–Crippen LogP) is 2.76. The zero-order valence-electron chi connectivity index (χ0n) is 9.41. The minimum absolute atomic E-state index is 0.0485. The molecule has 0 radical (unpaired) electrons. The van der Waals surface area contributed by atoms with Crippen molar-refractivity contribution < 1.29 is 18.3 Å². The Morgan fingerprint density at radius 1 is 1.67 bits per heavy atom. The zero-order valence-corrected chi connectivity index (χ0v) is 11.0. The van der Waals surface area contributed by atoms with E-state index >= 15 is 0 Å². The van der Waals surface area contributed by atoms with Crippen LogP contribution in [0.25, 0.3) is 0 Å². The molecular weight excluding hydrogens is 310 g/mol. The number of carbonyl (C=O) groups is 1. The van der Waals surface area contributed by atoms with Gasteiger partial charge in [0.05, 0.1) is 23.2 Å². The number of halogens is 3. The van der Waals surface area contributed by atoms with E-state index in [0.29, 0.717) is 0 Å². The summed E-state index contributed by atoms with van der Waals surface area (Å²) in [5, 5.41) is 8.78. The average Bonchev–Trinajstić information content (AvgIpc) is 2.31. The summed E-state index contributed by atoms with van der Waals surface area (Å²) in [6, 6.07) is 2.78. The molecule has 18 heavy (non-hydrogen) atoms. The molecule has 1 rings (SSSR count). The van der Waals surface area contributed by atoms with Crippen LogP contribution in [0.1, 0.15) is 30.3 Å². The molecule has 0 aliphatic carbocycles. The van der Waals surface area contributed by atoms with Crippen LogP contribution < -0.4 is 0 Å². The Kier molecular flexibility index (Phi) is 5.16. The molecular formula is C11H9BrF2N2O2. The summed E-state index contributed by atoms with van der Waals surface area (Å²) in [6.07, 6.45) is -2.99. The van der Waals surface area contributed by atoms with Gasteiger partial charge in [0.15, 0.2) is 5.69 Å². The van der Waals surface area contributed by atoms with Crippen molar-refractivity contribution in [3.63, 3.8) is 0 Å². The van der Waals surface area contributed by atoms with Gasteiger partial charge in [0.1, 0.15) is 6.07 Å². The normalized spacial score (nSPS) is 10.2. The summed E-state index contributed by atoms with van der Waals surface area (Å²) in [5.74, 6) is -0.573. The molecule has 1 heterocycles. The molecule has 1 aromatic rings. The van der Waals surface area contributed by atoms with Crippen LogP contribution in [-0.4, -0.2) is 17.6 Å². The van der Waals surface area contributed by atoms with Gasteiger partial charge in [-0.05, 0) is 28.9 Å². The first-order valence-corrected chi connectivity index (χ1v) is 5.82. The van der Waals surface area contributed by atoms with E-state index in [4.69, 9.17) is 5.26 Å². The SMILES string of the molecule is CCOC(=O)Cc1cc(C(F)F)c(Br)c(C#N)n1. The number of nitrogens with zero attached hydrogens (tertiary/aromatic N) is 2. The molecule has 0 atom stereocenters. The predicted molar refractivity (Wildman–Crippen MR) is 61.9 cm³/mol. The fourth-order valence-corrected chi connectivity index (χ4v) is 1.75. The molecule has 0 fully saturated rings. The number of alkyl halides is 2. The summed E-state index contributed by atoms with van der Waals surface area (Å²) in [7, 11) is 0. The number of esters is 1. The van der Waals surface area contributed by atoms with Gasteiger partial charge >= 0.3 is 5.97 Å². The second kappa shape index (κ2) is 6.40. The lowest BCUT2D eigenvalue weighted by Crippen LogP contribution is -2.10. The molecule has 0 spiro atoms. The smallest absolute Gasteiger partial charge is 0.311 e. The second-order valence-corrected chi connectivity index (χ2v) is 4.05. The van der Waals surface area contributed by atoms with E-state index in [9.17, 15) is 13.6 Å². The molecule has 0 saturated heterocycles. The molecule has 0 saturated carbocycles. The number of aromatic nitrogens is 1. The minimum atomic E-state index is -2.75. The number of nitriles is 1. The maximum absolute atomic E-state index is 12.7. The number of pyridine rings is 1. The minimum Gasteiger partial charge on any atom is -0.466 e. The number of ether oxygens (including phenoxy) is 1. The largest absolute Gasteiger partial charge is 0.466 e. The van der Waals surface area contributed by atoms with E-state index in [0.717, 1.165) is 6.07 Å². The number of carbonyl (C=O) groups excluding carboxylic acids is 1. The molecule has 1 aromatic heterocycles. The Labute approximate surface area is 111 Å². The number of rotatable bonds is 4. The van der Waals surface area contributed by atoms with Crippen LogP contribution in [-0.2, 0) is 16.0 Å². The van der Waals surface area contributed by atoms with Gasteiger partial charge in [-0.3, -0.25) is 4.79 Å². The lowest BCUT2D eigenvalue weighted by Gasteiger charge is -2.08. The Hall–Kier alpha value is -1.55. The van der Waals surface area contributed by atoms with E-state index in [-0.39, 0.29) is 34.5 Å². The summed E-state index contributed by atoms with van der Waals surface area (Å²) in [6.45, 7) is 1.83. The molecule has 0 unspecified atom stereocenters. The fourth-order valence-electron chi connectivity index (χ4n) is 1.29. The van der Waals surface area contributed by atoms with Crippen molar-refractivity contribution in [1.29, 1.82) is 5.26 Å². The van der Waals surface area contributed by atoms with E-state index in [2.05, 4.69) is 25.7 Å². The highest BCUT2D eigenvalue weighted by Gasteiger charge is 2.18. The molecule has 0 aliphatic heterocycles. The van der Waals surface area contributed by atoms with Crippen LogP contribution in [0.4, 0.5) is 8.78 Å². The van der Waals surface area contributed by atoms with Crippen molar-refractivity contribution in [3.05, 3.63) is 27.5 Å². The van der Waals surface area contributed by atoms with Crippen LogP contribution in [0.2, 0.25) is 0 Å². The first-order valence-electron chi connectivity index (χ1n) is 5.02. The maximum atomic E-state index is 12.7. The summed E-state index contributed by atoms with van der Waals surface area (Å²) >= 11 is 2.89. The molecule has 0 amide bonds. The average molecular weight is 319 g/mol. The van der Waals surface area contributed by atoms with Crippen LogP contribution >= 0.6 is 15.9 Å². The van der Waals surface area contributed by atoms with Gasteiger partial charge in [-0.2, -0.15) is 5.26 Å². The van der Waals surface area contributed by atoms with Gasteiger partial charge in [-0.15, -0.1) is 0 Å². The van der Waals surface area contributed by atoms with E-state index in [1.165, 1.54) is 0 Å². The van der Waals surface area contributed by atoms with E-state index < -0.39 is 12.4 Å². The van der Waals surface area contributed by atoms with Crippen molar-refractivity contribution in [3.8, 4) is 6.07 Å². The molecule has 0 bridgehead atoms. The molecule has 4 nitrogen and oxygen atoms in total.